The Morgan fingerprint density at radius 2 is 1.93 bits per heavy atom. The van der Waals surface area contributed by atoms with Gasteiger partial charge in [-0.05, 0) is 53.6 Å². The Morgan fingerprint density at radius 3 is 2.55 bits per heavy atom. The van der Waals surface area contributed by atoms with Crippen molar-refractivity contribution in [2.75, 3.05) is 7.11 Å². The smallest absolute Gasteiger partial charge is 0.161 e. The van der Waals surface area contributed by atoms with Crippen molar-refractivity contribution in [1.82, 2.24) is 0 Å². The van der Waals surface area contributed by atoms with Gasteiger partial charge in [0.2, 0.25) is 0 Å². The SMILES string of the molecule is COc1cc(/C=C(/C#N)c2ccc(F)cc2)ccc1OCc1ccc(C(=O)[O-])o1. The molecule has 0 unspecified atom stereocenters. The first-order valence-corrected chi connectivity index (χ1v) is 8.49. The minimum absolute atomic E-state index is 0.00213. The average molecular weight is 392 g/mol. The molecule has 0 radical (unpaired) electrons. The number of aromatic carboxylic acids is 1. The van der Waals surface area contributed by atoms with Gasteiger partial charge in [0.05, 0.1) is 18.8 Å². The van der Waals surface area contributed by atoms with Gasteiger partial charge >= 0.3 is 0 Å². The molecule has 1 aromatic heterocycles. The number of carboxylic acid groups (broad SMARTS) is 1. The maximum Gasteiger partial charge on any atom is 0.161 e. The van der Waals surface area contributed by atoms with Crippen LogP contribution in [0.1, 0.15) is 27.4 Å². The van der Waals surface area contributed by atoms with Crippen LogP contribution in [-0.4, -0.2) is 13.1 Å². The molecule has 0 saturated heterocycles. The van der Waals surface area contributed by atoms with Crippen LogP contribution in [0.3, 0.4) is 0 Å². The Hall–Kier alpha value is -4.05. The summed E-state index contributed by atoms with van der Waals surface area (Å²) in [6.45, 7) is -0.00213. The Kier molecular flexibility index (Phi) is 5.95. The number of halogens is 1. The molecule has 1 heterocycles. The molecule has 0 aliphatic heterocycles. The largest absolute Gasteiger partial charge is 0.542 e. The average Bonchev–Trinajstić information content (AvgIpc) is 3.21. The van der Waals surface area contributed by atoms with E-state index in [0.29, 0.717) is 34.0 Å². The number of carbonyl (C=O) groups excluding carboxylic acids is 1. The zero-order chi connectivity index (χ0) is 20.8. The molecule has 0 aliphatic carbocycles. The summed E-state index contributed by atoms with van der Waals surface area (Å²) in [7, 11) is 1.47. The van der Waals surface area contributed by atoms with Gasteiger partial charge in [-0.2, -0.15) is 5.26 Å². The highest BCUT2D eigenvalue weighted by Crippen LogP contribution is 2.30. The summed E-state index contributed by atoms with van der Waals surface area (Å²) < 4.78 is 29.1. The second kappa shape index (κ2) is 8.76. The second-order valence-corrected chi connectivity index (χ2v) is 5.93. The van der Waals surface area contributed by atoms with Crippen LogP contribution in [0, 0.1) is 17.1 Å². The van der Waals surface area contributed by atoms with Crippen LogP contribution < -0.4 is 14.6 Å². The van der Waals surface area contributed by atoms with Crippen LogP contribution in [0.25, 0.3) is 11.6 Å². The second-order valence-electron chi connectivity index (χ2n) is 5.93. The molecular formula is C22H15FNO5-. The molecule has 146 valence electrons. The van der Waals surface area contributed by atoms with Crippen molar-refractivity contribution in [2.24, 2.45) is 0 Å². The van der Waals surface area contributed by atoms with Gasteiger partial charge < -0.3 is 23.8 Å². The Labute approximate surface area is 166 Å². The molecule has 0 amide bonds. The van der Waals surface area contributed by atoms with Crippen molar-refractivity contribution in [1.29, 1.82) is 5.26 Å². The number of rotatable bonds is 7. The Balaban J connectivity index is 1.79. The lowest BCUT2D eigenvalue weighted by Gasteiger charge is -2.11. The van der Waals surface area contributed by atoms with Crippen LogP contribution in [0.4, 0.5) is 4.39 Å². The Morgan fingerprint density at radius 1 is 1.17 bits per heavy atom. The first-order chi connectivity index (χ1) is 14.0. The fourth-order valence-electron chi connectivity index (χ4n) is 2.58. The van der Waals surface area contributed by atoms with Gasteiger partial charge in [-0.3, -0.25) is 0 Å². The lowest BCUT2D eigenvalue weighted by Crippen LogP contribution is -2.21. The standard InChI is InChI=1S/C22H16FNO5/c1-27-21-11-14(10-16(12-24)15-3-5-17(23)6-4-15)2-8-19(21)28-13-18-7-9-20(29-18)22(25)26/h2-11H,13H2,1H3,(H,25,26)/p-1/b16-10-. The van der Waals surface area contributed by atoms with Crippen molar-refractivity contribution < 1.29 is 28.2 Å². The van der Waals surface area contributed by atoms with Gasteiger partial charge in [-0.25, -0.2) is 4.39 Å². The first kappa shape index (κ1) is 19.7. The predicted molar refractivity (Wildman–Crippen MR) is 100 cm³/mol. The predicted octanol–water partition coefficient (Wildman–Crippen LogP) is 3.43. The minimum Gasteiger partial charge on any atom is -0.542 e. The normalized spacial score (nSPS) is 11.0. The van der Waals surface area contributed by atoms with Gasteiger partial charge in [0.1, 0.15) is 29.9 Å². The molecule has 7 heteroatoms. The van der Waals surface area contributed by atoms with E-state index in [4.69, 9.17) is 13.9 Å². The number of allylic oxidation sites excluding steroid dienone is 1. The van der Waals surface area contributed by atoms with Crippen LogP contribution in [0.2, 0.25) is 0 Å². The fraction of sp³-hybridized carbons (Fsp3) is 0.0909. The number of ether oxygens (including phenoxy) is 2. The molecule has 2 aromatic carbocycles. The molecule has 0 saturated carbocycles. The van der Waals surface area contributed by atoms with Crippen molar-refractivity contribution in [3.63, 3.8) is 0 Å². The van der Waals surface area contributed by atoms with E-state index in [-0.39, 0.29) is 18.2 Å². The number of hydrogen-bond acceptors (Lipinski definition) is 6. The lowest BCUT2D eigenvalue weighted by molar-refractivity contribution is -0.257. The van der Waals surface area contributed by atoms with Crippen LogP contribution in [0.5, 0.6) is 11.5 Å². The molecule has 0 atom stereocenters. The van der Waals surface area contributed by atoms with Crippen LogP contribution >= 0.6 is 0 Å². The van der Waals surface area contributed by atoms with E-state index in [9.17, 15) is 19.6 Å². The van der Waals surface area contributed by atoms with E-state index in [2.05, 4.69) is 6.07 Å². The molecule has 0 N–H and O–H groups in total. The van der Waals surface area contributed by atoms with Gasteiger partial charge in [-0.15, -0.1) is 0 Å². The highest BCUT2D eigenvalue weighted by molar-refractivity contribution is 5.89. The molecule has 3 rings (SSSR count). The molecular weight excluding hydrogens is 377 g/mol. The molecule has 6 nitrogen and oxygen atoms in total. The fourth-order valence-corrected chi connectivity index (χ4v) is 2.58. The number of benzene rings is 2. The van der Waals surface area contributed by atoms with Crippen LogP contribution in [-0.2, 0) is 6.61 Å². The zero-order valence-corrected chi connectivity index (χ0v) is 15.3. The third-order valence-electron chi connectivity index (χ3n) is 4.01. The van der Waals surface area contributed by atoms with Gasteiger partial charge in [0.25, 0.3) is 0 Å². The summed E-state index contributed by atoms with van der Waals surface area (Å²) in [5, 5.41) is 20.2. The monoisotopic (exact) mass is 392 g/mol. The molecule has 29 heavy (non-hydrogen) atoms. The molecule has 0 fully saturated rings. The summed E-state index contributed by atoms with van der Waals surface area (Å²) >= 11 is 0. The van der Waals surface area contributed by atoms with E-state index >= 15 is 0 Å². The molecule has 0 aliphatic rings. The van der Waals surface area contributed by atoms with E-state index in [1.165, 1.54) is 43.5 Å². The van der Waals surface area contributed by atoms with Crippen molar-refractivity contribution in [2.45, 2.75) is 6.61 Å². The minimum atomic E-state index is -1.40. The number of furan rings is 1. The molecule has 3 aromatic rings. The summed E-state index contributed by atoms with van der Waals surface area (Å²) in [6, 6.07) is 15.6. The van der Waals surface area contributed by atoms with Crippen molar-refractivity contribution in [3.8, 4) is 17.6 Å². The third-order valence-corrected chi connectivity index (χ3v) is 4.01. The van der Waals surface area contributed by atoms with E-state index in [1.54, 1.807) is 24.3 Å². The van der Waals surface area contributed by atoms with Crippen molar-refractivity contribution in [3.05, 3.63) is 83.1 Å². The van der Waals surface area contributed by atoms with E-state index in [1.807, 2.05) is 0 Å². The summed E-state index contributed by atoms with van der Waals surface area (Å²) in [4.78, 5) is 10.7. The van der Waals surface area contributed by atoms with E-state index < -0.39 is 5.97 Å². The number of methoxy groups -OCH3 is 1. The van der Waals surface area contributed by atoms with Gasteiger partial charge in [-0.1, -0.05) is 18.2 Å². The van der Waals surface area contributed by atoms with Crippen molar-refractivity contribution >= 4 is 17.6 Å². The highest BCUT2D eigenvalue weighted by Gasteiger charge is 2.09. The topological polar surface area (TPSA) is 95.5 Å². The maximum absolute atomic E-state index is 13.1. The highest BCUT2D eigenvalue weighted by atomic mass is 19.1. The molecule has 0 spiro atoms. The lowest BCUT2D eigenvalue weighted by atomic mass is 10.0. The summed E-state index contributed by atoms with van der Waals surface area (Å²) in [5.41, 5.74) is 1.65. The number of carbonyl (C=O) groups is 1. The van der Waals surface area contributed by atoms with E-state index in [0.717, 1.165) is 0 Å². The maximum atomic E-state index is 13.1. The van der Waals surface area contributed by atoms with Gasteiger partial charge in [0.15, 0.2) is 11.5 Å². The molecule has 0 bridgehead atoms. The quantitative estimate of drug-likeness (QED) is 0.452. The Bertz CT molecular complexity index is 1090. The summed E-state index contributed by atoms with van der Waals surface area (Å²) in [6.07, 6.45) is 1.65. The number of nitriles is 1. The zero-order valence-electron chi connectivity index (χ0n) is 15.3. The number of nitrogens with zero attached hydrogens (tertiary/aromatic N) is 1. The first-order valence-electron chi connectivity index (χ1n) is 8.49. The third kappa shape index (κ3) is 4.82. The number of carboxylic acids is 1. The van der Waals surface area contributed by atoms with Crippen LogP contribution in [0.15, 0.2) is 59.0 Å². The van der Waals surface area contributed by atoms with Gasteiger partial charge in [0, 0.05) is 0 Å². The summed E-state index contributed by atoms with van der Waals surface area (Å²) in [5.74, 6) is -0.908. The number of hydrogen-bond donors (Lipinski definition) is 0.